The van der Waals surface area contributed by atoms with Gasteiger partial charge in [0.2, 0.25) is 0 Å². The van der Waals surface area contributed by atoms with Gasteiger partial charge in [0.1, 0.15) is 5.41 Å². The maximum atomic E-state index is 13.3. The Morgan fingerprint density at radius 2 is 2.11 bits per heavy atom. The summed E-state index contributed by atoms with van der Waals surface area (Å²) in [5.74, 6) is -0.825. The number of alkyl halides is 3. The molecule has 1 unspecified atom stereocenters. The summed E-state index contributed by atoms with van der Waals surface area (Å²) >= 11 is 0. The Bertz CT molecular complexity index is 516. The van der Waals surface area contributed by atoms with Crippen LogP contribution < -0.4 is 0 Å². The zero-order valence-electron chi connectivity index (χ0n) is 9.97. The van der Waals surface area contributed by atoms with E-state index in [9.17, 15) is 18.0 Å². The monoisotopic (exact) mass is 254 g/mol. The number of Topliss-reactive ketones (excluding diaryl/α,β-unsaturated/α-hetero) is 1. The molecule has 18 heavy (non-hydrogen) atoms. The molecule has 0 heterocycles. The third kappa shape index (κ3) is 1.67. The van der Waals surface area contributed by atoms with Crippen LogP contribution in [0.3, 0.4) is 0 Å². The van der Waals surface area contributed by atoms with E-state index in [1.165, 1.54) is 12.1 Å². The van der Waals surface area contributed by atoms with E-state index in [-0.39, 0.29) is 18.4 Å². The smallest absolute Gasteiger partial charge is 0.293 e. The molecule has 0 saturated heterocycles. The van der Waals surface area contributed by atoms with Crippen molar-refractivity contribution in [2.45, 2.75) is 25.9 Å². The molecule has 96 valence electrons. The van der Waals surface area contributed by atoms with Crippen molar-refractivity contribution in [1.29, 1.82) is 0 Å². The van der Waals surface area contributed by atoms with Gasteiger partial charge in [-0.1, -0.05) is 23.8 Å². The molecular weight excluding hydrogens is 241 g/mol. The Balaban J connectivity index is 2.56. The van der Waals surface area contributed by atoms with Gasteiger partial charge in [-0.05, 0) is 31.4 Å². The van der Waals surface area contributed by atoms with Crippen LogP contribution in [0.25, 0.3) is 0 Å². The normalized spacial score (nSPS) is 23.0. The topological polar surface area (TPSA) is 17.1 Å². The Labute approximate surface area is 103 Å². The van der Waals surface area contributed by atoms with Crippen LogP contribution in [0.15, 0.2) is 30.9 Å². The minimum atomic E-state index is -4.55. The maximum Gasteiger partial charge on any atom is 0.402 e. The molecule has 0 fully saturated rings. The number of rotatable bonds is 2. The predicted octanol–water partition coefficient (Wildman–Crippen LogP) is 3.86. The molecular formula is C14H13F3O. The molecule has 0 bridgehead atoms. The van der Waals surface area contributed by atoms with E-state index in [2.05, 4.69) is 6.58 Å². The van der Waals surface area contributed by atoms with Crippen molar-refractivity contribution >= 4 is 5.78 Å². The van der Waals surface area contributed by atoms with Crippen molar-refractivity contribution in [3.63, 3.8) is 0 Å². The zero-order chi connectivity index (χ0) is 13.6. The van der Waals surface area contributed by atoms with Crippen LogP contribution in [0.5, 0.6) is 0 Å². The lowest BCUT2D eigenvalue weighted by Gasteiger charge is -2.28. The Hall–Kier alpha value is -1.58. The van der Waals surface area contributed by atoms with Crippen molar-refractivity contribution < 1.29 is 18.0 Å². The molecule has 1 atom stereocenters. The number of carbonyl (C=O) groups is 1. The first-order valence-electron chi connectivity index (χ1n) is 5.64. The van der Waals surface area contributed by atoms with Crippen LogP contribution >= 0.6 is 0 Å². The molecule has 0 amide bonds. The number of allylic oxidation sites excluding steroid dienone is 1. The minimum absolute atomic E-state index is 0.203. The predicted molar refractivity (Wildman–Crippen MR) is 62.5 cm³/mol. The first-order chi connectivity index (χ1) is 8.32. The molecule has 1 aromatic rings. The SMILES string of the molecule is C=CCC1(C(F)(F)F)Cc2ccc(C)cc2C1=O. The van der Waals surface area contributed by atoms with Gasteiger partial charge in [-0.15, -0.1) is 6.58 Å². The highest BCUT2D eigenvalue weighted by Gasteiger charge is 2.62. The summed E-state index contributed by atoms with van der Waals surface area (Å²) in [5.41, 5.74) is -0.845. The van der Waals surface area contributed by atoms with Crippen LogP contribution in [-0.2, 0) is 6.42 Å². The zero-order valence-corrected chi connectivity index (χ0v) is 9.97. The van der Waals surface area contributed by atoms with E-state index in [1.54, 1.807) is 19.1 Å². The molecule has 1 aliphatic carbocycles. The van der Waals surface area contributed by atoms with Crippen molar-refractivity contribution in [2.24, 2.45) is 5.41 Å². The fourth-order valence-electron chi connectivity index (χ4n) is 2.47. The van der Waals surface area contributed by atoms with Crippen molar-refractivity contribution in [3.05, 3.63) is 47.5 Å². The third-order valence-corrected chi connectivity index (χ3v) is 3.47. The summed E-state index contributed by atoms with van der Waals surface area (Å²) in [7, 11) is 0. The molecule has 0 N–H and O–H groups in total. The lowest BCUT2D eigenvalue weighted by Crippen LogP contribution is -2.43. The average molecular weight is 254 g/mol. The van der Waals surface area contributed by atoms with E-state index < -0.39 is 17.4 Å². The van der Waals surface area contributed by atoms with Crippen LogP contribution in [0.2, 0.25) is 0 Å². The van der Waals surface area contributed by atoms with Crippen LogP contribution in [0.1, 0.15) is 27.9 Å². The highest BCUT2D eigenvalue weighted by molar-refractivity contribution is 6.05. The van der Waals surface area contributed by atoms with E-state index >= 15 is 0 Å². The highest BCUT2D eigenvalue weighted by atomic mass is 19.4. The van der Waals surface area contributed by atoms with Crippen molar-refractivity contribution in [3.8, 4) is 0 Å². The van der Waals surface area contributed by atoms with Gasteiger partial charge < -0.3 is 0 Å². The first kappa shape index (κ1) is 12.9. The van der Waals surface area contributed by atoms with Gasteiger partial charge in [-0.25, -0.2) is 0 Å². The molecule has 4 heteroatoms. The maximum absolute atomic E-state index is 13.3. The van der Waals surface area contributed by atoms with Crippen LogP contribution in [0.4, 0.5) is 13.2 Å². The summed E-state index contributed by atoms with van der Waals surface area (Å²) < 4.78 is 39.8. The lowest BCUT2D eigenvalue weighted by molar-refractivity contribution is -0.201. The second-order valence-electron chi connectivity index (χ2n) is 4.74. The summed E-state index contributed by atoms with van der Waals surface area (Å²) in [4.78, 5) is 12.1. The van der Waals surface area contributed by atoms with E-state index in [0.717, 1.165) is 5.56 Å². The van der Waals surface area contributed by atoms with Crippen molar-refractivity contribution in [1.82, 2.24) is 0 Å². The second kappa shape index (κ2) is 3.97. The number of benzene rings is 1. The Morgan fingerprint density at radius 1 is 1.44 bits per heavy atom. The number of ketones is 1. The van der Waals surface area contributed by atoms with Gasteiger partial charge in [-0.2, -0.15) is 13.2 Å². The summed E-state index contributed by atoms with van der Waals surface area (Å²) in [6.07, 6.45) is -4.03. The number of halogens is 3. The van der Waals surface area contributed by atoms with Crippen LogP contribution in [0, 0.1) is 12.3 Å². The highest BCUT2D eigenvalue weighted by Crippen LogP contribution is 2.51. The largest absolute Gasteiger partial charge is 0.402 e. The van der Waals surface area contributed by atoms with Gasteiger partial charge in [0.25, 0.3) is 0 Å². The Morgan fingerprint density at radius 3 is 2.67 bits per heavy atom. The second-order valence-corrected chi connectivity index (χ2v) is 4.74. The molecule has 2 rings (SSSR count). The number of hydrogen-bond donors (Lipinski definition) is 0. The first-order valence-corrected chi connectivity index (χ1v) is 5.64. The fourth-order valence-corrected chi connectivity index (χ4v) is 2.47. The van der Waals surface area contributed by atoms with Gasteiger partial charge in [0.05, 0.1) is 0 Å². The van der Waals surface area contributed by atoms with E-state index in [4.69, 9.17) is 0 Å². The fraction of sp³-hybridized carbons (Fsp3) is 0.357. The molecule has 0 aromatic heterocycles. The third-order valence-electron chi connectivity index (χ3n) is 3.47. The van der Waals surface area contributed by atoms with Gasteiger partial charge in [-0.3, -0.25) is 4.79 Å². The summed E-state index contributed by atoms with van der Waals surface area (Å²) in [5, 5.41) is 0. The van der Waals surface area contributed by atoms with Crippen molar-refractivity contribution in [2.75, 3.05) is 0 Å². The molecule has 0 spiro atoms. The van der Waals surface area contributed by atoms with Gasteiger partial charge in [0, 0.05) is 5.56 Å². The average Bonchev–Trinajstić information content (AvgIpc) is 2.54. The quantitative estimate of drug-likeness (QED) is 0.732. The number of carbonyl (C=O) groups excluding carboxylic acids is 1. The summed E-state index contributed by atoms with van der Waals surface area (Å²) in [6.45, 7) is 5.10. The lowest BCUT2D eigenvalue weighted by atomic mass is 9.79. The Kier molecular flexibility index (Phi) is 2.84. The molecule has 1 nitrogen and oxygen atoms in total. The van der Waals surface area contributed by atoms with Gasteiger partial charge in [0.15, 0.2) is 5.78 Å². The number of fused-ring (bicyclic) bond motifs is 1. The standard InChI is InChI=1S/C14H13F3O/c1-3-6-13(14(15,16)17)8-10-5-4-9(2)7-11(10)12(13)18/h3-5,7H,1,6,8H2,2H3. The molecule has 0 radical (unpaired) electrons. The van der Waals surface area contributed by atoms with E-state index in [0.29, 0.717) is 5.56 Å². The molecule has 0 saturated carbocycles. The number of aryl methyl sites for hydroxylation is 1. The molecule has 1 aromatic carbocycles. The van der Waals surface area contributed by atoms with Gasteiger partial charge >= 0.3 is 6.18 Å². The molecule has 0 aliphatic heterocycles. The number of hydrogen-bond acceptors (Lipinski definition) is 1. The minimum Gasteiger partial charge on any atom is -0.293 e. The summed E-state index contributed by atoms with van der Waals surface area (Å²) in [6, 6.07) is 4.87. The molecule has 1 aliphatic rings. The van der Waals surface area contributed by atoms with Crippen LogP contribution in [-0.4, -0.2) is 12.0 Å². The van der Waals surface area contributed by atoms with E-state index in [1.807, 2.05) is 0 Å².